The van der Waals surface area contributed by atoms with Crippen LogP contribution in [0.5, 0.6) is 5.88 Å². The number of nitrogens with one attached hydrogen (secondary N) is 1. The van der Waals surface area contributed by atoms with Crippen molar-refractivity contribution in [3.63, 3.8) is 0 Å². The van der Waals surface area contributed by atoms with Gasteiger partial charge in [-0.3, -0.25) is 0 Å². The topological polar surface area (TPSA) is 86.7 Å². The first-order valence-corrected chi connectivity index (χ1v) is 5.69. The quantitative estimate of drug-likeness (QED) is 0.417. The van der Waals surface area contributed by atoms with E-state index in [1.54, 1.807) is 18.9 Å². The molecule has 0 unspecified atom stereocenters. The molecule has 7 nitrogen and oxygen atoms in total. The predicted octanol–water partition coefficient (Wildman–Crippen LogP) is -0.212. The highest BCUT2D eigenvalue weighted by molar-refractivity contribution is 5.77. The van der Waals surface area contributed by atoms with Crippen LogP contribution < -0.4 is 15.8 Å². The Hall–Kier alpha value is -1.76. The summed E-state index contributed by atoms with van der Waals surface area (Å²) in [4.78, 5) is 4.24. The molecule has 0 aliphatic rings. The maximum Gasteiger partial charge on any atom is 0.216 e. The van der Waals surface area contributed by atoms with Gasteiger partial charge in [-0.1, -0.05) is 0 Å². The second-order valence-corrected chi connectivity index (χ2v) is 3.82. The second kappa shape index (κ2) is 6.85. The Morgan fingerprint density at radius 1 is 1.50 bits per heavy atom. The first-order chi connectivity index (χ1) is 8.60. The summed E-state index contributed by atoms with van der Waals surface area (Å²) >= 11 is 0. The van der Waals surface area contributed by atoms with Crippen LogP contribution in [0.15, 0.2) is 4.99 Å². The van der Waals surface area contributed by atoms with Crippen LogP contribution in [0.3, 0.4) is 0 Å². The maximum absolute atomic E-state index is 5.73. The summed E-state index contributed by atoms with van der Waals surface area (Å²) in [6.07, 6.45) is 0. The summed E-state index contributed by atoms with van der Waals surface area (Å²) in [6.45, 7) is 3.58. The highest BCUT2D eigenvalue weighted by atomic mass is 16.5. The smallest absolute Gasteiger partial charge is 0.216 e. The number of rotatable bonds is 6. The van der Waals surface area contributed by atoms with Crippen LogP contribution in [0.1, 0.15) is 11.3 Å². The van der Waals surface area contributed by atoms with E-state index in [1.807, 2.05) is 14.0 Å². The molecular weight excluding hydrogens is 234 g/mol. The Bertz CT molecular complexity index is 414. The van der Waals surface area contributed by atoms with E-state index in [0.29, 0.717) is 31.5 Å². The number of nitrogens with two attached hydrogens (primary N) is 1. The van der Waals surface area contributed by atoms with E-state index in [4.69, 9.17) is 15.2 Å². The van der Waals surface area contributed by atoms with Gasteiger partial charge in [-0.05, 0) is 6.92 Å². The minimum absolute atomic E-state index is 0.386. The molecule has 18 heavy (non-hydrogen) atoms. The Balaban J connectivity index is 2.64. The Kier molecular flexibility index (Phi) is 5.44. The van der Waals surface area contributed by atoms with Crippen LogP contribution in [0, 0.1) is 6.92 Å². The van der Waals surface area contributed by atoms with Crippen molar-refractivity contribution in [2.24, 2.45) is 17.8 Å². The third-order valence-corrected chi connectivity index (χ3v) is 2.50. The lowest BCUT2D eigenvalue weighted by Crippen LogP contribution is -2.34. The SMILES string of the molecule is COCCNC(N)=NCc1c(C)nn(C)c1OC. The fraction of sp³-hybridized carbons (Fsp3) is 0.636. The fourth-order valence-corrected chi connectivity index (χ4v) is 1.62. The van der Waals surface area contributed by atoms with Gasteiger partial charge in [-0.15, -0.1) is 0 Å². The van der Waals surface area contributed by atoms with E-state index in [0.717, 1.165) is 11.3 Å². The molecule has 0 saturated carbocycles. The lowest BCUT2D eigenvalue weighted by Gasteiger charge is -2.05. The second-order valence-electron chi connectivity index (χ2n) is 3.82. The zero-order valence-electron chi connectivity index (χ0n) is 11.4. The molecule has 0 aliphatic heterocycles. The molecule has 0 fully saturated rings. The Morgan fingerprint density at radius 2 is 2.22 bits per heavy atom. The third kappa shape index (κ3) is 3.63. The summed E-state index contributed by atoms with van der Waals surface area (Å²) in [5.41, 5.74) is 7.56. The zero-order chi connectivity index (χ0) is 13.5. The highest BCUT2D eigenvalue weighted by Crippen LogP contribution is 2.21. The van der Waals surface area contributed by atoms with Crippen molar-refractivity contribution in [3.8, 4) is 5.88 Å². The molecule has 0 aromatic carbocycles. The third-order valence-electron chi connectivity index (χ3n) is 2.50. The number of aliphatic imine (C=N–C) groups is 1. The summed E-state index contributed by atoms with van der Waals surface area (Å²) in [7, 11) is 5.09. The molecule has 0 atom stereocenters. The summed E-state index contributed by atoms with van der Waals surface area (Å²) in [5.74, 6) is 1.10. The van der Waals surface area contributed by atoms with Gasteiger partial charge in [0.25, 0.3) is 0 Å². The van der Waals surface area contributed by atoms with Gasteiger partial charge in [0, 0.05) is 20.7 Å². The monoisotopic (exact) mass is 255 g/mol. The summed E-state index contributed by atoms with van der Waals surface area (Å²) in [6, 6.07) is 0. The summed E-state index contributed by atoms with van der Waals surface area (Å²) in [5, 5.41) is 7.23. The largest absolute Gasteiger partial charge is 0.481 e. The molecule has 0 aliphatic carbocycles. The molecule has 102 valence electrons. The van der Waals surface area contributed by atoms with E-state index in [1.165, 1.54) is 0 Å². The van der Waals surface area contributed by atoms with Gasteiger partial charge in [-0.2, -0.15) is 5.10 Å². The number of hydrogen-bond acceptors (Lipinski definition) is 4. The van der Waals surface area contributed by atoms with Gasteiger partial charge in [0.05, 0.1) is 31.5 Å². The van der Waals surface area contributed by atoms with E-state index in [-0.39, 0.29) is 0 Å². The van der Waals surface area contributed by atoms with E-state index in [2.05, 4.69) is 15.4 Å². The number of nitrogens with zero attached hydrogens (tertiary/aromatic N) is 3. The zero-order valence-corrected chi connectivity index (χ0v) is 11.4. The van der Waals surface area contributed by atoms with Gasteiger partial charge in [0.2, 0.25) is 5.88 Å². The van der Waals surface area contributed by atoms with Crippen molar-refractivity contribution in [3.05, 3.63) is 11.3 Å². The van der Waals surface area contributed by atoms with Gasteiger partial charge in [-0.25, -0.2) is 9.67 Å². The molecular formula is C11H21N5O2. The normalized spacial score (nSPS) is 11.7. The lowest BCUT2D eigenvalue weighted by atomic mass is 10.2. The number of aromatic nitrogens is 2. The summed E-state index contributed by atoms with van der Waals surface area (Å²) < 4.78 is 11.9. The van der Waals surface area contributed by atoms with E-state index in [9.17, 15) is 0 Å². The standard InChI is InChI=1S/C11H21N5O2/c1-8-9(10(18-4)16(2)15-8)7-14-11(12)13-5-6-17-3/h5-7H2,1-4H3,(H3,12,13,14). The molecule has 3 N–H and O–H groups in total. The molecule has 0 saturated heterocycles. The number of guanidine groups is 1. The van der Waals surface area contributed by atoms with Crippen molar-refractivity contribution in [2.75, 3.05) is 27.4 Å². The van der Waals surface area contributed by atoms with Crippen molar-refractivity contribution in [1.82, 2.24) is 15.1 Å². The van der Waals surface area contributed by atoms with Crippen molar-refractivity contribution in [1.29, 1.82) is 0 Å². The molecule has 1 aromatic rings. The van der Waals surface area contributed by atoms with Crippen LogP contribution in [0.4, 0.5) is 0 Å². The maximum atomic E-state index is 5.73. The Labute approximate surface area is 107 Å². The number of ether oxygens (including phenoxy) is 2. The average molecular weight is 255 g/mol. The Morgan fingerprint density at radius 3 is 2.83 bits per heavy atom. The van der Waals surface area contributed by atoms with Crippen molar-refractivity contribution >= 4 is 5.96 Å². The minimum Gasteiger partial charge on any atom is -0.481 e. The molecule has 7 heteroatoms. The van der Waals surface area contributed by atoms with Gasteiger partial charge in [0.15, 0.2) is 5.96 Å². The first-order valence-electron chi connectivity index (χ1n) is 5.69. The van der Waals surface area contributed by atoms with Gasteiger partial charge in [0.1, 0.15) is 0 Å². The van der Waals surface area contributed by atoms with Crippen molar-refractivity contribution < 1.29 is 9.47 Å². The number of methoxy groups -OCH3 is 2. The average Bonchev–Trinajstić information content (AvgIpc) is 2.61. The molecule has 0 spiro atoms. The molecule has 1 aromatic heterocycles. The molecule has 1 rings (SSSR count). The lowest BCUT2D eigenvalue weighted by molar-refractivity contribution is 0.204. The molecule has 0 radical (unpaired) electrons. The van der Waals surface area contributed by atoms with Crippen LogP contribution in [0.2, 0.25) is 0 Å². The number of hydrogen-bond donors (Lipinski definition) is 2. The van der Waals surface area contributed by atoms with E-state index < -0.39 is 0 Å². The van der Waals surface area contributed by atoms with E-state index >= 15 is 0 Å². The van der Waals surface area contributed by atoms with Crippen LogP contribution in [-0.4, -0.2) is 43.1 Å². The van der Waals surface area contributed by atoms with Crippen molar-refractivity contribution in [2.45, 2.75) is 13.5 Å². The highest BCUT2D eigenvalue weighted by Gasteiger charge is 2.12. The molecule has 1 heterocycles. The van der Waals surface area contributed by atoms with Gasteiger partial charge < -0.3 is 20.5 Å². The predicted molar refractivity (Wildman–Crippen MR) is 69.7 cm³/mol. The molecule has 0 amide bonds. The fourth-order valence-electron chi connectivity index (χ4n) is 1.62. The van der Waals surface area contributed by atoms with Crippen LogP contribution >= 0.6 is 0 Å². The minimum atomic E-state index is 0.386. The van der Waals surface area contributed by atoms with Crippen LogP contribution in [-0.2, 0) is 18.3 Å². The van der Waals surface area contributed by atoms with Crippen LogP contribution in [0.25, 0.3) is 0 Å². The molecule has 0 bridgehead atoms. The first kappa shape index (κ1) is 14.3. The number of aryl methyl sites for hydroxylation is 2. The van der Waals surface area contributed by atoms with Gasteiger partial charge >= 0.3 is 0 Å².